The van der Waals surface area contributed by atoms with Gasteiger partial charge in [-0.2, -0.15) is 0 Å². The van der Waals surface area contributed by atoms with Crippen molar-refractivity contribution in [1.82, 2.24) is 0 Å². The van der Waals surface area contributed by atoms with Crippen molar-refractivity contribution in [1.29, 1.82) is 0 Å². The minimum Gasteiger partial charge on any atom is -0.397 e. The van der Waals surface area contributed by atoms with Crippen LogP contribution in [0.1, 0.15) is 31.8 Å². The van der Waals surface area contributed by atoms with Crippen molar-refractivity contribution in [2.45, 2.75) is 0 Å². The Hall–Kier alpha value is -2.62. The Labute approximate surface area is 116 Å². The van der Waals surface area contributed by atoms with E-state index >= 15 is 0 Å². The lowest BCUT2D eigenvalue weighted by Gasteiger charge is -2.22. The first-order valence-electron chi connectivity index (χ1n) is 6.30. The van der Waals surface area contributed by atoms with Crippen molar-refractivity contribution in [3.8, 4) is 0 Å². The third kappa shape index (κ3) is 1.61. The van der Waals surface area contributed by atoms with Gasteiger partial charge in [0.25, 0.3) is 0 Å². The maximum atomic E-state index is 12.5. The van der Waals surface area contributed by atoms with Gasteiger partial charge < -0.3 is 10.6 Å². The van der Waals surface area contributed by atoms with Gasteiger partial charge in [0.2, 0.25) is 0 Å². The lowest BCUT2D eigenvalue weighted by molar-refractivity contribution is 0.0979. The number of ketones is 2. The summed E-state index contributed by atoms with van der Waals surface area (Å²) in [4.78, 5) is 26.8. The van der Waals surface area contributed by atoms with E-state index in [1.165, 1.54) is 0 Å². The van der Waals surface area contributed by atoms with Crippen molar-refractivity contribution in [2.75, 3.05) is 24.7 Å². The first kappa shape index (κ1) is 12.4. The molecular formula is C16H14N2O2. The van der Waals surface area contributed by atoms with E-state index in [1.54, 1.807) is 36.4 Å². The van der Waals surface area contributed by atoms with Crippen LogP contribution in [0.2, 0.25) is 0 Å². The molecule has 0 atom stereocenters. The Bertz CT molecular complexity index is 748. The molecule has 4 nitrogen and oxygen atoms in total. The van der Waals surface area contributed by atoms with Crippen LogP contribution in [-0.2, 0) is 0 Å². The van der Waals surface area contributed by atoms with E-state index in [4.69, 9.17) is 5.73 Å². The highest BCUT2D eigenvalue weighted by atomic mass is 16.1. The molecule has 0 saturated heterocycles. The summed E-state index contributed by atoms with van der Waals surface area (Å²) >= 11 is 0. The predicted octanol–water partition coefficient (Wildman–Crippen LogP) is 2.11. The van der Waals surface area contributed by atoms with Crippen molar-refractivity contribution >= 4 is 22.9 Å². The molecule has 3 rings (SSSR count). The molecule has 0 unspecified atom stereocenters. The molecule has 1 aliphatic carbocycles. The number of fused-ring (bicyclic) bond motifs is 2. The van der Waals surface area contributed by atoms with Gasteiger partial charge in [-0.1, -0.05) is 24.3 Å². The van der Waals surface area contributed by atoms with E-state index in [-0.39, 0.29) is 11.6 Å². The van der Waals surface area contributed by atoms with Gasteiger partial charge in [-0.05, 0) is 12.1 Å². The van der Waals surface area contributed by atoms with E-state index in [1.807, 2.05) is 19.0 Å². The van der Waals surface area contributed by atoms with E-state index in [0.29, 0.717) is 27.9 Å². The second kappa shape index (κ2) is 4.20. The SMILES string of the molecule is CN(C)c1cc2c(cc1N)C(=O)c1ccccc1C2=O. The monoisotopic (exact) mass is 266 g/mol. The number of hydrogen-bond acceptors (Lipinski definition) is 4. The lowest BCUT2D eigenvalue weighted by atomic mass is 9.83. The zero-order chi connectivity index (χ0) is 14.4. The summed E-state index contributed by atoms with van der Waals surface area (Å²) in [5.74, 6) is -0.273. The maximum Gasteiger partial charge on any atom is 0.194 e. The number of nitrogen functional groups attached to an aromatic ring is 1. The Morgan fingerprint density at radius 3 is 1.85 bits per heavy atom. The number of nitrogens with zero attached hydrogens (tertiary/aromatic N) is 1. The molecule has 0 saturated carbocycles. The van der Waals surface area contributed by atoms with Crippen molar-refractivity contribution in [2.24, 2.45) is 0 Å². The van der Waals surface area contributed by atoms with E-state index in [9.17, 15) is 9.59 Å². The van der Waals surface area contributed by atoms with Crippen molar-refractivity contribution in [3.05, 3.63) is 58.7 Å². The molecule has 0 fully saturated rings. The molecule has 0 aromatic heterocycles. The number of carbonyl (C=O) groups is 2. The third-order valence-electron chi connectivity index (χ3n) is 3.55. The highest BCUT2D eigenvalue weighted by Crippen LogP contribution is 2.33. The van der Waals surface area contributed by atoms with Crippen LogP contribution in [0.5, 0.6) is 0 Å². The average molecular weight is 266 g/mol. The molecule has 100 valence electrons. The van der Waals surface area contributed by atoms with Crippen LogP contribution in [0.4, 0.5) is 11.4 Å². The summed E-state index contributed by atoms with van der Waals surface area (Å²) in [5.41, 5.74) is 8.92. The van der Waals surface area contributed by atoms with Crippen molar-refractivity contribution in [3.63, 3.8) is 0 Å². The lowest BCUT2D eigenvalue weighted by Crippen LogP contribution is -2.22. The van der Waals surface area contributed by atoms with Crippen LogP contribution in [0.3, 0.4) is 0 Å². The number of nitrogens with two attached hydrogens (primary N) is 1. The highest BCUT2D eigenvalue weighted by molar-refractivity contribution is 6.29. The fourth-order valence-electron chi connectivity index (χ4n) is 2.54. The van der Waals surface area contributed by atoms with Crippen molar-refractivity contribution < 1.29 is 9.59 Å². The predicted molar refractivity (Wildman–Crippen MR) is 78.5 cm³/mol. The summed E-state index contributed by atoms with van der Waals surface area (Å²) in [6.45, 7) is 0. The Morgan fingerprint density at radius 1 is 0.850 bits per heavy atom. The van der Waals surface area contributed by atoms with Crippen LogP contribution in [0.25, 0.3) is 0 Å². The number of hydrogen-bond donors (Lipinski definition) is 1. The second-order valence-corrected chi connectivity index (χ2v) is 5.05. The van der Waals surface area contributed by atoms with Crippen LogP contribution >= 0.6 is 0 Å². The second-order valence-electron chi connectivity index (χ2n) is 5.05. The van der Waals surface area contributed by atoms with Gasteiger partial charge in [0.05, 0.1) is 11.4 Å². The molecule has 2 aromatic rings. The minimum absolute atomic E-state index is 0.127. The fourth-order valence-corrected chi connectivity index (χ4v) is 2.54. The van der Waals surface area contributed by atoms with E-state index < -0.39 is 0 Å². The zero-order valence-electron chi connectivity index (χ0n) is 11.3. The standard InChI is InChI=1S/C16H14N2O2/c1-18(2)14-8-12-11(7-13(14)17)15(19)9-5-3-4-6-10(9)16(12)20/h3-8H,17H2,1-2H3. The molecule has 0 aliphatic heterocycles. The highest BCUT2D eigenvalue weighted by Gasteiger charge is 2.30. The van der Waals surface area contributed by atoms with Gasteiger partial charge in [-0.3, -0.25) is 9.59 Å². The van der Waals surface area contributed by atoms with Gasteiger partial charge in [-0.15, -0.1) is 0 Å². The fraction of sp³-hybridized carbons (Fsp3) is 0.125. The molecule has 20 heavy (non-hydrogen) atoms. The summed E-state index contributed by atoms with van der Waals surface area (Å²) in [6.07, 6.45) is 0. The van der Waals surface area contributed by atoms with Crippen LogP contribution < -0.4 is 10.6 Å². The largest absolute Gasteiger partial charge is 0.397 e. The molecule has 1 aliphatic rings. The summed E-state index contributed by atoms with van der Waals surface area (Å²) < 4.78 is 0. The van der Waals surface area contributed by atoms with E-state index in [0.717, 1.165) is 5.69 Å². The summed E-state index contributed by atoms with van der Waals surface area (Å²) in [7, 11) is 3.70. The molecule has 0 amide bonds. The molecule has 2 N–H and O–H groups in total. The number of rotatable bonds is 1. The summed E-state index contributed by atoms with van der Waals surface area (Å²) in [6, 6.07) is 10.2. The third-order valence-corrected chi connectivity index (χ3v) is 3.55. The zero-order valence-corrected chi connectivity index (χ0v) is 11.3. The molecule has 0 radical (unpaired) electrons. The van der Waals surface area contributed by atoms with Gasteiger partial charge >= 0.3 is 0 Å². The number of carbonyl (C=O) groups excluding carboxylic acids is 2. The summed E-state index contributed by atoms with van der Waals surface area (Å²) in [5, 5.41) is 0. The van der Waals surface area contributed by atoms with Gasteiger partial charge in [-0.25, -0.2) is 0 Å². The Kier molecular flexibility index (Phi) is 2.61. The van der Waals surface area contributed by atoms with Gasteiger partial charge in [0.1, 0.15) is 0 Å². The minimum atomic E-state index is -0.146. The molecular weight excluding hydrogens is 252 g/mol. The topological polar surface area (TPSA) is 63.4 Å². The maximum absolute atomic E-state index is 12.5. The molecule has 0 spiro atoms. The number of anilines is 2. The first-order valence-corrected chi connectivity index (χ1v) is 6.30. The van der Waals surface area contributed by atoms with Crippen LogP contribution in [0.15, 0.2) is 36.4 Å². The molecule has 4 heteroatoms. The van der Waals surface area contributed by atoms with Gasteiger partial charge in [0, 0.05) is 36.3 Å². The first-order chi connectivity index (χ1) is 9.50. The average Bonchev–Trinajstić information content (AvgIpc) is 2.44. The van der Waals surface area contributed by atoms with Crippen LogP contribution in [-0.4, -0.2) is 25.7 Å². The smallest absolute Gasteiger partial charge is 0.194 e. The molecule has 0 heterocycles. The Balaban J connectivity index is 2.28. The normalized spacial score (nSPS) is 12.9. The van der Waals surface area contributed by atoms with Crippen LogP contribution in [0, 0.1) is 0 Å². The van der Waals surface area contributed by atoms with Gasteiger partial charge in [0.15, 0.2) is 11.6 Å². The van der Waals surface area contributed by atoms with E-state index in [2.05, 4.69) is 0 Å². The quantitative estimate of drug-likeness (QED) is 0.685. The Morgan fingerprint density at radius 2 is 1.35 bits per heavy atom. The molecule has 0 bridgehead atoms. The number of benzene rings is 2. The molecule has 2 aromatic carbocycles.